The second-order valence-electron chi connectivity index (χ2n) is 5.98. The first-order valence-corrected chi connectivity index (χ1v) is 7.32. The van der Waals surface area contributed by atoms with Gasteiger partial charge in [0.2, 0.25) is 0 Å². The summed E-state index contributed by atoms with van der Waals surface area (Å²) in [6, 6.07) is 7.15. The van der Waals surface area contributed by atoms with Gasteiger partial charge in [-0.05, 0) is 37.8 Å². The number of benzene rings is 1. The van der Waals surface area contributed by atoms with E-state index in [0.717, 1.165) is 12.8 Å². The number of nitro groups is 1. The quantitative estimate of drug-likeness (QED) is 0.684. The Kier molecular flexibility index (Phi) is 5.03. The van der Waals surface area contributed by atoms with E-state index < -0.39 is 4.92 Å². The SMILES string of the molecule is CN(C(=O)c1ccc([N+](=O)[O-])cc1)C1CC2CCC(C1)N2.Cl. The van der Waals surface area contributed by atoms with Crippen LogP contribution < -0.4 is 5.32 Å². The number of nitro benzene ring substituents is 1. The molecule has 1 N–H and O–H groups in total. The van der Waals surface area contributed by atoms with Crippen LogP contribution in [0.2, 0.25) is 0 Å². The predicted molar refractivity (Wildman–Crippen MR) is 85.4 cm³/mol. The maximum Gasteiger partial charge on any atom is 0.269 e. The zero-order valence-corrected chi connectivity index (χ0v) is 13.2. The molecule has 2 aliphatic rings. The molecule has 2 unspecified atom stereocenters. The molecule has 6 nitrogen and oxygen atoms in total. The van der Waals surface area contributed by atoms with Crippen molar-refractivity contribution >= 4 is 24.0 Å². The topological polar surface area (TPSA) is 75.5 Å². The van der Waals surface area contributed by atoms with Crippen LogP contribution in [-0.4, -0.2) is 40.9 Å². The molecule has 1 aromatic carbocycles. The third-order valence-corrected chi connectivity index (χ3v) is 4.64. The lowest BCUT2D eigenvalue weighted by Gasteiger charge is -2.35. The summed E-state index contributed by atoms with van der Waals surface area (Å²) in [5, 5.41) is 14.2. The Morgan fingerprint density at radius 2 is 1.77 bits per heavy atom. The number of non-ortho nitro benzene ring substituents is 1. The second-order valence-corrected chi connectivity index (χ2v) is 5.98. The summed E-state index contributed by atoms with van der Waals surface area (Å²) in [5.41, 5.74) is 0.517. The molecule has 0 saturated carbocycles. The molecule has 0 radical (unpaired) electrons. The molecule has 2 bridgehead atoms. The zero-order valence-electron chi connectivity index (χ0n) is 12.4. The normalized spacial score (nSPS) is 26.1. The minimum absolute atomic E-state index is 0. The van der Waals surface area contributed by atoms with Crippen molar-refractivity contribution in [3.8, 4) is 0 Å². The standard InChI is InChI=1S/C15H19N3O3.ClH/c1-17(14-8-11-4-5-12(9-14)16-11)15(19)10-2-6-13(7-3-10)18(20)21;/h2-3,6-7,11-12,14,16H,4-5,8-9H2,1H3;1H. The van der Waals surface area contributed by atoms with Crippen LogP contribution in [0.15, 0.2) is 24.3 Å². The van der Waals surface area contributed by atoms with Gasteiger partial charge in [0.25, 0.3) is 11.6 Å². The van der Waals surface area contributed by atoms with E-state index in [-0.39, 0.29) is 30.0 Å². The fraction of sp³-hybridized carbons (Fsp3) is 0.533. The molecule has 1 amide bonds. The molecular formula is C15H20ClN3O3. The molecule has 0 spiro atoms. The Hall–Kier alpha value is -1.66. The number of piperidine rings is 1. The number of carbonyl (C=O) groups excluding carboxylic acids is 1. The predicted octanol–water partition coefficient (Wildman–Crippen LogP) is 2.37. The molecular weight excluding hydrogens is 306 g/mol. The molecule has 120 valence electrons. The van der Waals surface area contributed by atoms with E-state index in [1.54, 1.807) is 4.90 Å². The first kappa shape index (κ1) is 16.7. The van der Waals surface area contributed by atoms with Gasteiger partial charge in [0, 0.05) is 42.9 Å². The molecule has 7 heteroatoms. The lowest BCUT2D eigenvalue weighted by molar-refractivity contribution is -0.384. The van der Waals surface area contributed by atoms with Crippen molar-refractivity contribution in [2.45, 2.75) is 43.8 Å². The molecule has 2 fully saturated rings. The third-order valence-electron chi connectivity index (χ3n) is 4.64. The lowest BCUT2D eigenvalue weighted by atomic mass is 9.98. The summed E-state index contributed by atoms with van der Waals surface area (Å²) >= 11 is 0. The number of nitrogens with one attached hydrogen (secondary N) is 1. The fourth-order valence-electron chi connectivity index (χ4n) is 3.44. The van der Waals surface area contributed by atoms with E-state index >= 15 is 0 Å². The summed E-state index contributed by atoms with van der Waals surface area (Å²) in [4.78, 5) is 24.5. The largest absolute Gasteiger partial charge is 0.339 e. The Bertz CT molecular complexity index is 552. The van der Waals surface area contributed by atoms with E-state index in [9.17, 15) is 14.9 Å². The van der Waals surface area contributed by atoms with Gasteiger partial charge in [0.1, 0.15) is 0 Å². The van der Waals surface area contributed by atoms with Gasteiger partial charge in [-0.15, -0.1) is 12.4 Å². The maximum atomic E-state index is 12.5. The van der Waals surface area contributed by atoms with E-state index in [4.69, 9.17) is 0 Å². The number of hydrogen-bond donors (Lipinski definition) is 1. The smallest absolute Gasteiger partial charge is 0.269 e. The molecule has 0 aliphatic carbocycles. The van der Waals surface area contributed by atoms with E-state index in [1.165, 1.54) is 37.1 Å². The van der Waals surface area contributed by atoms with Crippen LogP contribution in [0, 0.1) is 10.1 Å². The van der Waals surface area contributed by atoms with Crippen molar-refractivity contribution in [2.24, 2.45) is 0 Å². The van der Waals surface area contributed by atoms with Gasteiger partial charge >= 0.3 is 0 Å². The van der Waals surface area contributed by atoms with Crippen molar-refractivity contribution in [2.75, 3.05) is 7.05 Å². The minimum Gasteiger partial charge on any atom is -0.339 e. The monoisotopic (exact) mass is 325 g/mol. The highest BCUT2D eigenvalue weighted by atomic mass is 35.5. The van der Waals surface area contributed by atoms with Gasteiger partial charge in [0.15, 0.2) is 0 Å². The minimum atomic E-state index is -0.456. The van der Waals surface area contributed by atoms with Gasteiger partial charge in [-0.3, -0.25) is 14.9 Å². The van der Waals surface area contributed by atoms with Gasteiger partial charge in [0.05, 0.1) is 4.92 Å². The zero-order chi connectivity index (χ0) is 15.0. The Balaban J connectivity index is 0.00000176. The number of rotatable bonds is 3. The van der Waals surface area contributed by atoms with Crippen LogP contribution in [0.1, 0.15) is 36.0 Å². The van der Waals surface area contributed by atoms with Crippen LogP contribution in [0.25, 0.3) is 0 Å². The Morgan fingerprint density at radius 3 is 2.27 bits per heavy atom. The van der Waals surface area contributed by atoms with E-state index in [1.807, 2.05) is 7.05 Å². The molecule has 3 rings (SSSR count). The number of nitrogens with zero attached hydrogens (tertiary/aromatic N) is 2. The van der Waals surface area contributed by atoms with E-state index in [0.29, 0.717) is 17.6 Å². The van der Waals surface area contributed by atoms with Gasteiger partial charge in [-0.2, -0.15) is 0 Å². The van der Waals surface area contributed by atoms with Crippen LogP contribution >= 0.6 is 12.4 Å². The summed E-state index contributed by atoms with van der Waals surface area (Å²) in [5.74, 6) is -0.0591. The highest BCUT2D eigenvalue weighted by molar-refractivity contribution is 5.94. The number of fused-ring (bicyclic) bond motifs is 2. The molecule has 2 heterocycles. The number of halogens is 1. The summed E-state index contributed by atoms with van der Waals surface area (Å²) < 4.78 is 0. The van der Waals surface area contributed by atoms with Crippen molar-refractivity contribution in [3.05, 3.63) is 39.9 Å². The third kappa shape index (κ3) is 3.23. The Labute approximate surface area is 135 Å². The fourth-order valence-corrected chi connectivity index (χ4v) is 3.44. The van der Waals surface area contributed by atoms with Gasteiger partial charge < -0.3 is 10.2 Å². The van der Waals surface area contributed by atoms with Crippen molar-refractivity contribution < 1.29 is 9.72 Å². The molecule has 2 saturated heterocycles. The Morgan fingerprint density at radius 1 is 1.23 bits per heavy atom. The van der Waals surface area contributed by atoms with Crippen LogP contribution in [0.4, 0.5) is 5.69 Å². The first-order valence-electron chi connectivity index (χ1n) is 7.32. The number of amides is 1. The maximum absolute atomic E-state index is 12.5. The molecule has 1 aromatic rings. The van der Waals surface area contributed by atoms with Crippen molar-refractivity contribution in [3.63, 3.8) is 0 Å². The highest BCUT2D eigenvalue weighted by Gasteiger charge is 2.36. The number of carbonyl (C=O) groups is 1. The van der Waals surface area contributed by atoms with Gasteiger partial charge in [-0.1, -0.05) is 0 Å². The summed E-state index contributed by atoms with van der Waals surface area (Å²) in [6.07, 6.45) is 4.37. The lowest BCUT2D eigenvalue weighted by Crippen LogP contribution is -2.48. The van der Waals surface area contributed by atoms with Crippen LogP contribution in [0.3, 0.4) is 0 Å². The first-order chi connectivity index (χ1) is 10.0. The van der Waals surface area contributed by atoms with E-state index in [2.05, 4.69) is 5.32 Å². The number of hydrogen-bond acceptors (Lipinski definition) is 4. The molecule has 2 aliphatic heterocycles. The average molecular weight is 326 g/mol. The van der Waals surface area contributed by atoms with Crippen LogP contribution in [-0.2, 0) is 0 Å². The van der Waals surface area contributed by atoms with Crippen molar-refractivity contribution in [1.29, 1.82) is 0 Å². The van der Waals surface area contributed by atoms with Crippen LogP contribution in [0.5, 0.6) is 0 Å². The molecule has 0 aromatic heterocycles. The molecule has 2 atom stereocenters. The van der Waals surface area contributed by atoms with Crippen molar-refractivity contribution in [1.82, 2.24) is 10.2 Å². The summed E-state index contributed by atoms with van der Waals surface area (Å²) in [6.45, 7) is 0. The summed E-state index contributed by atoms with van der Waals surface area (Å²) in [7, 11) is 1.83. The van der Waals surface area contributed by atoms with Gasteiger partial charge in [-0.25, -0.2) is 0 Å². The highest BCUT2D eigenvalue weighted by Crippen LogP contribution is 2.29. The second kappa shape index (κ2) is 6.62. The molecule has 22 heavy (non-hydrogen) atoms. The average Bonchev–Trinajstić information content (AvgIpc) is 2.84.